The van der Waals surface area contributed by atoms with Gasteiger partial charge >= 0.3 is 0 Å². The molecule has 31 heavy (non-hydrogen) atoms. The van der Waals surface area contributed by atoms with Crippen molar-refractivity contribution in [2.24, 2.45) is 0 Å². The fourth-order valence-corrected chi connectivity index (χ4v) is 3.77. The molecule has 1 aliphatic rings. The van der Waals surface area contributed by atoms with Crippen LogP contribution in [0.25, 0.3) is 5.57 Å². The van der Waals surface area contributed by atoms with Crippen molar-refractivity contribution in [1.82, 2.24) is 9.88 Å². The predicted octanol–water partition coefficient (Wildman–Crippen LogP) is 4.13. The van der Waals surface area contributed by atoms with Crippen molar-refractivity contribution in [2.45, 2.75) is 19.9 Å². The van der Waals surface area contributed by atoms with Gasteiger partial charge in [-0.25, -0.2) is 0 Å². The summed E-state index contributed by atoms with van der Waals surface area (Å²) in [5.74, 6) is -0.114. The first-order valence-corrected chi connectivity index (χ1v) is 10.4. The van der Waals surface area contributed by atoms with Crippen LogP contribution >= 0.6 is 0 Å². The summed E-state index contributed by atoms with van der Waals surface area (Å²) in [7, 11) is 2.12. The van der Waals surface area contributed by atoms with Crippen LogP contribution in [0.1, 0.15) is 23.7 Å². The zero-order valence-corrected chi connectivity index (χ0v) is 17.9. The van der Waals surface area contributed by atoms with Crippen LogP contribution in [-0.2, 0) is 17.8 Å². The molecule has 0 saturated heterocycles. The normalized spacial score (nSPS) is 14.4. The number of nitrogen functional groups attached to an aromatic ring is 1. The van der Waals surface area contributed by atoms with E-state index in [9.17, 15) is 4.79 Å². The van der Waals surface area contributed by atoms with Crippen LogP contribution in [0.3, 0.4) is 0 Å². The van der Waals surface area contributed by atoms with Crippen molar-refractivity contribution in [2.75, 3.05) is 30.0 Å². The highest BCUT2D eigenvalue weighted by molar-refractivity contribution is 6.32. The standard InChI is InChI=1S/C25H27N5O/c1-17(24-22-15-19(26)8-11-23(22)29-25(24)31)28-21-9-6-18(7-10-21)16-30(2)14-12-20-5-3-4-13-27-20/h3-11,13,15,28H,12,14,16,26H2,1-2H3,(H,29,31). The highest BCUT2D eigenvalue weighted by atomic mass is 16.2. The van der Waals surface area contributed by atoms with Gasteiger partial charge in [0.1, 0.15) is 0 Å². The van der Waals surface area contributed by atoms with E-state index >= 15 is 0 Å². The van der Waals surface area contributed by atoms with E-state index in [1.165, 1.54) is 5.56 Å². The minimum absolute atomic E-state index is 0.114. The van der Waals surface area contributed by atoms with Crippen LogP contribution in [0.15, 0.2) is 72.6 Å². The van der Waals surface area contributed by atoms with Gasteiger partial charge in [0.05, 0.1) is 5.57 Å². The topological polar surface area (TPSA) is 83.3 Å². The number of hydrogen-bond acceptors (Lipinski definition) is 5. The van der Waals surface area contributed by atoms with Gasteiger partial charge in [-0.05, 0) is 62.0 Å². The summed E-state index contributed by atoms with van der Waals surface area (Å²) >= 11 is 0. The first kappa shape index (κ1) is 20.6. The van der Waals surface area contributed by atoms with Crippen molar-refractivity contribution in [1.29, 1.82) is 0 Å². The lowest BCUT2D eigenvalue weighted by Gasteiger charge is -2.17. The molecular formula is C25H27N5O. The lowest BCUT2D eigenvalue weighted by Crippen LogP contribution is -2.21. The number of carbonyl (C=O) groups is 1. The van der Waals surface area contributed by atoms with Gasteiger partial charge in [0.15, 0.2) is 0 Å². The number of hydrogen-bond donors (Lipinski definition) is 3. The molecule has 1 aromatic heterocycles. The average Bonchev–Trinajstić information content (AvgIpc) is 3.09. The summed E-state index contributed by atoms with van der Waals surface area (Å²) in [6, 6.07) is 19.8. The molecule has 4 rings (SSSR count). The van der Waals surface area contributed by atoms with Gasteiger partial charge in [-0.1, -0.05) is 18.2 Å². The molecule has 0 unspecified atom stereocenters. The molecule has 1 amide bonds. The Bertz CT molecular complexity index is 1110. The fraction of sp³-hybridized carbons (Fsp3) is 0.200. The number of pyridine rings is 1. The number of rotatable bonds is 7. The Morgan fingerprint density at radius 2 is 1.94 bits per heavy atom. The first-order chi connectivity index (χ1) is 15.0. The Hall–Kier alpha value is -3.64. The van der Waals surface area contributed by atoms with Crippen LogP contribution in [0.4, 0.5) is 17.1 Å². The van der Waals surface area contributed by atoms with E-state index in [0.29, 0.717) is 11.3 Å². The van der Waals surface area contributed by atoms with Crippen molar-refractivity contribution in [3.8, 4) is 0 Å². The van der Waals surface area contributed by atoms with E-state index in [4.69, 9.17) is 5.73 Å². The average molecular weight is 414 g/mol. The van der Waals surface area contributed by atoms with Crippen LogP contribution in [0.5, 0.6) is 0 Å². The molecule has 0 spiro atoms. The van der Waals surface area contributed by atoms with Crippen LogP contribution in [0.2, 0.25) is 0 Å². The lowest BCUT2D eigenvalue weighted by molar-refractivity contribution is -0.110. The van der Waals surface area contributed by atoms with E-state index in [0.717, 1.165) is 47.8 Å². The summed E-state index contributed by atoms with van der Waals surface area (Å²) in [5, 5.41) is 6.25. The van der Waals surface area contributed by atoms with Gasteiger partial charge in [0.25, 0.3) is 5.91 Å². The molecule has 0 radical (unpaired) electrons. The molecule has 2 heterocycles. The number of aromatic nitrogens is 1. The number of nitrogens with two attached hydrogens (primary N) is 1. The second-order valence-corrected chi connectivity index (χ2v) is 7.89. The van der Waals surface area contributed by atoms with Gasteiger partial charge in [0, 0.05) is 59.7 Å². The Morgan fingerprint density at radius 3 is 2.68 bits per heavy atom. The van der Waals surface area contributed by atoms with Gasteiger partial charge in [-0.3, -0.25) is 9.78 Å². The Morgan fingerprint density at radius 1 is 1.13 bits per heavy atom. The summed E-state index contributed by atoms with van der Waals surface area (Å²) in [6.07, 6.45) is 2.76. The van der Waals surface area contributed by atoms with Crippen LogP contribution in [-0.4, -0.2) is 29.4 Å². The van der Waals surface area contributed by atoms with Crippen molar-refractivity contribution < 1.29 is 4.79 Å². The third-order valence-electron chi connectivity index (χ3n) is 5.38. The molecule has 158 valence electrons. The third kappa shape index (κ3) is 4.92. The fourth-order valence-electron chi connectivity index (χ4n) is 3.77. The van der Waals surface area contributed by atoms with E-state index in [1.54, 1.807) is 6.07 Å². The molecule has 1 aliphatic heterocycles. The molecule has 0 fully saturated rings. The van der Waals surface area contributed by atoms with Gasteiger partial charge in [0.2, 0.25) is 0 Å². The highest BCUT2D eigenvalue weighted by Gasteiger charge is 2.26. The van der Waals surface area contributed by atoms with E-state index in [-0.39, 0.29) is 5.91 Å². The molecule has 2 aromatic carbocycles. The van der Waals surface area contributed by atoms with E-state index in [2.05, 4.69) is 45.8 Å². The van der Waals surface area contributed by atoms with E-state index in [1.807, 2.05) is 49.5 Å². The van der Waals surface area contributed by atoms with E-state index < -0.39 is 0 Å². The smallest absolute Gasteiger partial charge is 0.258 e. The number of anilines is 3. The molecule has 3 aromatic rings. The number of amides is 1. The van der Waals surface area contributed by atoms with Crippen LogP contribution in [0, 0.1) is 0 Å². The number of likely N-dealkylation sites (N-methyl/N-ethyl adjacent to an activating group) is 1. The summed E-state index contributed by atoms with van der Waals surface area (Å²) in [4.78, 5) is 19.1. The molecule has 4 N–H and O–H groups in total. The second-order valence-electron chi connectivity index (χ2n) is 7.89. The summed E-state index contributed by atoms with van der Waals surface area (Å²) in [6.45, 7) is 3.72. The molecule has 0 aliphatic carbocycles. The van der Waals surface area contributed by atoms with Gasteiger partial charge in [-0.2, -0.15) is 0 Å². The minimum Gasteiger partial charge on any atom is -0.399 e. The van der Waals surface area contributed by atoms with Gasteiger partial charge in [-0.15, -0.1) is 0 Å². The Balaban J connectivity index is 1.39. The number of fused-ring (bicyclic) bond motifs is 1. The minimum atomic E-state index is -0.114. The summed E-state index contributed by atoms with van der Waals surface area (Å²) < 4.78 is 0. The number of allylic oxidation sites excluding steroid dienone is 1. The van der Waals surface area contributed by atoms with Crippen molar-refractivity contribution in [3.63, 3.8) is 0 Å². The quantitative estimate of drug-likeness (QED) is 0.401. The zero-order chi connectivity index (χ0) is 21.8. The molecule has 6 heteroatoms. The van der Waals surface area contributed by atoms with Gasteiger partial charge < -0.3 is 21.3 Å². The number of benzene rings is 2. The highest BCUT2D eigenvalue weighted by Crippen LogP contribution is 2.35. The zero-order valence-electron chi connectivity index (χ0n) is 17.9. The lowest BCUT2D eigenvalue weighted by atomic mass is 10.0. The molecule has 0 bridgehead atoms. The molecular weight excluding hydrogens is 386 g/mol. The Labute approximate surface area is 182 Å². The molecule has 0 atom stereocenters. The number of nitrogens with zero attached hydrogens (tertiary/aromatic N) is 2. The van der Waals surface area contributed by atoms with Crippen molar-refractivity contribution >= 4 is 28.5 Å². The largest absolute Gasteiger partial charge is 0.399 e. The summed E-state index contributed by atoms with van der Waals surface area (Å²) in [5.41, 5.74) is 12.9. The SMILES string of the molecule is CC(Nc1ccc(CN(C)CCc2ccccn2)cc1)=C1C(=O)Nc2ccc(N)cc21. The maximum Gasteiger partial charge on any atom is 0.258 e. The van der Waals surface area contributed by atoms with Crippen LogP contribution < -0.4 is 16.4 Å². The van der Waals surface area contributed by atoms with Crippen molar-refractivity contribution in [3.05, 3.63) is 89.4 Å². The second kappa shape index (κ2) is 9.02. The number of carbonyl (C=O) groups excluding carboxylic acids is 1. The maximum atomic E-state index is 12.5. The first-order valence-electron chi connectivity index (χ1n) is 10.4. The predicted molar refractivity (Wildman–Crippen MR) is 126 cm³/mol. The monoisotopic (exact) mass is 413 g/mol. The molecule has 0 saturated carbocycles. The third-order valence-corrected chi connectivity index (χ3v) is 5.38. The molecule has 6 nitrogen and oxygen atoms in total. The number of nitrogens with one attached hydrogen (secondary N) is 2. The maximum absolute atomic E-state index is 12.5. The Kier molecular flexibility index (Phi) is 6.00.